The Balaban J connectivity index is 1.62. The average molecular weight is 584 g/mol. The van der Waals surface area contributed by atoms with E-state index in [2.05, 4.69) is 21.9 Å². The minimum atomic E-state index is -1.11. The summed E-state index contributed by atoms with van der Waals surface area (Å²) in [6.07, 6.45) is 10.8. The fraction of sp³-hybridized carbons (Fsp3) is 0.387. The molecule has 1 aliphatic heterocycles. The molecule has 2 heterocycles. The highest BCUT2D eigenvalue weighted by molar-refractivity contribution is 7.98. The standard InChI is InChI=1S/C31H39F2N5O2S/c1-20(16-21(2)23(4)36-27-10-9-26(33)17-28(27)41-7)8-11-29(39)37(6)30(22(3)32)38-14-12-31(40,13-15-38)25-18-34-24(5)35-19-25/h8-11,16-19,23,36,40H,2,12-15H2,1,3-7H3/b11-8+,20-16-,30-22-/t23-/m1/s1. The number of likely N-dealkylation sites (N-methyl/N-ethyl adjacent to an activating group) is 1. The smallest absolute Gasteiger partial charge is 0.251 e. The number of rotatable bonds is 10. The zero-order valence-electron chi connectivity index (χ0n) is 24.5. The van der Waals surface area contributed by atoms with Gasteiger partial charge in [-0.15, -0.1) is 11.8 Å². The van der Waals surface area contributed by atoms with Crippen molar-refractivity contribution in [1.29, 1.82) is 0 Å². The zero-order chi connectivity index (χ0) is 30.3. The van der Waals surface area contributed by atoms with Crippen molar-refractivity contribution in [3.63, 3.8) is 0 Å². The van der Waals surface area contributed by atoms with Gasteiger partial charge in [0.2, 0.25) is 0 Å². The lowest BCUT2D eigenvalue weighted by Crippen LogP contribution is -2.46. The summed E-state index contributed by atoms with van der Waals surface area (Å²) in [4.78, 5) is 25.3. The van der Waals surface area contributed by atoms with Gasteiger partial charge in [-0.3, -0.25) is 9.69 Å². The van der Waals surface area contributed by atoms with Crippen LogP contribution in [-0.4, -0.2) is 63.2 Å². The maximum Gasteiger partial charge on any atom is 0.251 e. The summed E-state index contributed by atoms with van der Waals surface area (Å²) in [7, 11) is 1.54. The molecule has 0 saturated carbocycles. The number of allylic oxidation sites excluding steroid dienone is 3. The third kappa shape index (κ3) is 8.27. The van der Waals surface area contributed by atoms with Crippen LogP contribution in [-0.2, 0) is 10.4 Å². The molecule has 1 saturated heterocycles. The number of halogens is 2. The van der Waals surface area contributed by atoms with Gasteiger partial charge in [-0.1, -0.05) is 24.3 Å². The first-order valence-electron chi connectivity index (χ1n) is 13.4. The van der Waals surface area contributed by atoms with Gasteiger partial charge in [0.05, 0.1) is 5.60 Å². The van der Waals surface area contributed by atoms with Crippen LogP contribution in [0.5, 0.6) is 0 Å². The van der Waals surface area contributed by atoms with Crippen molar-refractivity contribution in [2.45, 2.75) is 57.1 Å². The van der Waals surface area contributed by atoms with E-state index in [4.69, 9.17) is 0 Å². The zero-order valence-corrected chi connectivity index (χ0v) is 25.4. The highest BCUT2D eigenvalue weighted by Crippen LogP contribution is 2.34. The van der Waals surface area contributed by atoms with Crippen molar-refractivity contribution < 1.29 is 18.7 Å². The number of carbonyl (C=O) groups is 1. The second kappa shape index (κ2) is 13.9. The van der Waals surface area contributed by atoms with Gasteiger partial charge in [0.25, 0.3) is 5.91 Å². The number of amides is 1. The van der Waals surface area contributed by atoms with Crippen LogP contribution in [0, 0.1) is 12.7 Å². The van der Waals surface area contributed by atoms with Crippen molar-refractivity contribution in [3.8, 4) is 0 Å². The lowest BCUT2D eigenvalue weighted by Gasteiger charge is -2.41. The fourth-order valence-corrected chi connectivity index (χ4v) is 5.24. The highest BCUT2D eigenvalue weighted by Gasteiger charge is 2.36. The van der Waals surface area contributed by atoms with Gasteiger partial charge >= 0.3 is 0 Å². The Kier molecular flexibility index (Phi) is 10.9. The van der Waals surface area contributed by atoms with E-state index in [-0.39, 0.29) is 23.6 Å². The van der Waals surface area contributed by atoms with Crippen molar-refractivity contribution in [1.82, 2.24) is 19.8 Å². The molecule has 41 heavy (non-hydrogen) atoms. The number of nitrogens with one attached hydrogen (secondary N) is 1. The Morgan fingerprint density at radius 3 is 2.46 bits per heavy atom. The third-order valence-electron chi connectivity index (χ3n) is 7.16. The molecule has 10 heteroatoms. The number of nitrogens with zero attached hydrogens (tertiary/aromatic N) is 4. The number of hydrogen-bond acceptors (Lipinski definition) is 7. The normalized spacial score (nSPS) is 16.8. The van der Waals surface area contributed by atoms with Gasteiger partial charge < -0.3 is 15.3 Å². The average Bonchev–Trinajstić information content (AvgIpc) is 2.93. The monoisotopic (exact) mass is 583 g/mol. The van der Waals surface area contributed by atoms with Gasteiger partial charge in [-0.25, -0.2) is 18.7 Å². The maximum absolute atomic E-state index is 14.7. The summed E-state index contributed by atoms with van der Waals surface area (Å²) in [5, 5.41) is 14.5. The highest BCUT2D eigenvalue weighted by atomic mass is 32.2. The lowest BCUT2D eigenvalue weighted by molar-refractivity contribution is -0.124. The predicted octanol–water partition coefficient (Wildman–Crippen LogP) is 6.11. The molecule has 3 rings (SSSR count). The van der Waals surface area contributed by atoms with Crippen LogP contribution in [0.1, 0.15) is 45.0 Å². The fourth-order valence-electron chi connectivity index (χ4n) is 4.67. The van der Waals surface area contributed by atoms with Crippen LogP contribution in [0.2, 0.25) is 0 Å². The van der Waals surface area contributed by atoms with Crippen molar-refractivity contribution in [2.75, 3.05) is 31.7 Å². The van der Waals surface area contributed by atoms with Crippen LogP contribution in [0.25, 0.3) is 0 Å². The summed E-state index contributed by atoms with van der Waals surface area (Å²) < 4.78 is 28.3. The van der Waals surface area contributed by atoms with Crippen LogP contribution >= 0.6 is 11.8 Å². The molecule has 1 aliphatic rings. The Bertz CT molecular complexity index is 1340. The lowest BCUT2D eigenvalue weighted by atomic mass is 9.86. The molecule has 7 nitrogen and oxygen atoms in total. The molecule has 1 aromatic carbocycles. The summed E-state index contributed by atoms with van der Waals surface area (Å²) in [5.74, 6) is -0.359. The molecule has 220 valence electrons. The molecule has 2 aromatic rings. The number of hydrogen-bond donors (Lipinski definition) is 2. The van der Waals surface area contributed by atoms with E-state index in [1.165, 1.54) is 48.8 Å². The van der Waals surface area contributed by atoms with Crippen LogP contribution < -0.4 is 5.32 Å². The van der Waals surface area contributed by atoms with Gasteiger partial charge in [0, 0.05) is 60.8 Å². The molecular formula is C31H39F2N5O2S. The van der Waals surface area contributed by atoms with E-state index < -0.39 is 11.4 Å². The van der Waals surface area contributed by atoms with Crippen LogP contribution in [0.4, 0.5) is 14.5 Å². The Morgan fingerprint density at radius 1 is 1.24 bits per heavy atom. The van der Waals surface area contributed by atoms with Crippen molar-refractivity contribution >= 4 is 23.4 Å². The molecule has 0 radical (unpaired) electrons. The van der Waals surface area contributed by atoms with Gasteiger partial charge in [0.15, 0.2) is 0 Å². The van der Waals surface area contributed by atoms with Crippen molar-refractivity contribution in [3.05, 3.63) is 95.4 Å². The summed E-state index contributed by atoms with van der Waals surface area (Å²) >= 11 is 1.45. The first kappa shape index (κ1) is 32.0. The molecule has 1 aromatic heterocycles. The molecule has 0 unspecified atom stereocenters. The van der Waals surface area contributed by atoms with E-state index in [1.54, 1.807) is 36.4 Å². The van der Waals surface area contributed by atoms with Crippen molar-refractivity contribution in [2.24, 2.45) is 0 Å². The third-order valence-corrected chi connectivity index (χ3v) is 7.94. The number of piperidine rings is 1. The number of carbonyl (C=O) groups excluding carboxylic acids is 1. The molecule has 2 N–H and O–H groups in total. The van der Waals surface area contributed by atoms with Gasteiger partial charge in [0.1, 0.15) is 23.3 Å². The number of likely N-dealkylation sites (tertiary alicyclic amines) is 1. The predicted molar refractivity (Wildman–Crippen MR) is 161 cm³/mol. The second-order valence-corrected chi connectivity index (χ2v) is 11.1. The quantitative estimate of drug-likeness (QED) is 0.199. The topological polar surface area (TPSA) is 81.6 Å². The number of aliphatic hydroxyl groups is 1. The molecule has 0 spiro atoms. The molecular weight excluding hydrogens is 544 g/mol. The number of anilines is 1. The molecule has 0 bridgehead atoms. The van der Waals surface area contributed by atoms with E-state index in [0.29, 0.717) is 37.3 Å². The first-order chi connectivity index (χ1) is 19.3. The molecule has 1 atom stereocenters. The molecule has 0 aliphatic carbocycles. The Labute approximate surface area is 245 Å². The maximum atomic E-state index is 14.7. The molecule has 1 amide bonds. The van der Waals surface area contributed by atoms with Gasteiger partial charge in [-0.2, -0.15) is 0 Å². The largest absolute Gasteiger partial charge is 0.385 e. The van der Waals surface area contributed by atoms with Crippen LogP contribution in [0.3, 0.4) is 0 Å². The van der Waals surface area contributed by atoms with E-state index in [1.807, 2.05) is 26.2 Å². The van der Waals surface area contributed by atoms with Crippen LogP contribution in [0.15, 0.2) is 83.1 Å². The van der Waals surface area contributed by atoms with E-state index in [9.17, 15) is 18.7 Å². The minimum Gasteiger partial charge on any atom is -0.385 e. The number of aromatic nitrogens is 2. The van der Waals surface area contributed by atoms with Gasteiger partial charge in [-0.05, 0) is 70.6 Å². The number of thioether (sulfide) groups is 1. The summed E-state index contributed by atoms with van der Waals surface area (Å²) in [6.45, 7) is 11.8. The van der Waals surface area contributed by atoms with E-state index in [0.717, 1.165) is 21.7 Å². The molecule has 1 fully saturated rings. The van der Waals surface area contributed by atoms with E-state index >= 15 is 0 Å². The Hall–Kier alpha value is -3.50. The summed E-state index contributed by atoms with van der Waals surface area (Å²) in [5.41, 5.74) is 1.92. The SMILES string of the molecule is C=C(/C=C(C)\C=C\C(=O)N(C)/C(=C(\C)F)N1CCC(O)(c2cnc(C)nc2)CC1)[C@@H](C)Nc1ccc(F)cc1SC. The number of benzene rings is 1. The Morgan fingerprint density at radius 2 is 1.88 bits per heavy atom. The second-order valence-electron chi connectivity index (χ2n) is 10.3. The minimum absolute atomic E-state index is 0.138. The summed E-state index contributed by atoms with van der Waals surface area (Å²) in [6, 6.07) is 4.46. The first-order valence-corrected chi connectivity index (χ1v) is 14.6. The number of aryl methyl sites for hydroxylation is 1.